The van der Waals surface area contributed by atoms with Crippen molar-refractivity contribution in [3.63, 3.8) is 0 Å². The molecular weight excluding hydrogens is 286 g/mol. The highest BCUT2D eigenvalue weighted by Crippen LogP contribution is 2.20. The van der Waals surface area contributed by atoms with E-state index in [4.69, 9.17) is 0 Å². The third-order valence-electron chi connectivity index (χ3n) is 4.08. The largest absolute Gasteiger partial charge is 0.316 e. The van der Waals surface area contributed by atoms with Crippen molar-refractivity contribution in [3.8, 4) is 0 Å². The first-order valence-electron chi connectivity index (χ1n) is 7.46. The van der Waals surface area contributed by atoms with Gasteiger partial charge in [0.15, 0.2) is 0 Å². The number of nitrogens with one attached hydrogen (secondary N) is 1. The van der Waals surface area contributed by atoms with Crippen molar-refractivity contribution in [1.29, 1.82) is 0 Å². The van der Waals surface area contributed by atoms with Crippen LogP contribution < -0.4 is 5.32 Å². The van der Waals surface area contributed by atoms with Crippen LogP contribution in [0.25, 0.3) is 0 Å². The van der Waals surface area contributed by atoms with Gasteiger partial charge in [0.1, 0.15) is 0 Å². The number of hydrogen-bond donors (Lipinski definition) is 1. The summed E-state index contributed by atoms with van der Waals surface area (Å²) in [5.41, 5.74) is 1.08. The molecular formula is C15H25N3O2S. The van der Waals surface area contributed by atoms with Gasteiger partial charge in [0.2, 0.25) is 10.0 Å². The first-order valence-corrected chi connectivity index (χ1v) is 8.90. The molecule has 1 atom stereocenters. The lowest BCUT2D eigenvalue weighted by molar-refractivity contribution is 0.135. The van der Waals surface area contributed by atoms with Gasteiger partial charge in [-0.15, -0.1) is 0 Å². The van der Waals surface area contributed by atoms with E-state index in [1.807, 2.05) is 19.2 Å². The molecule has 0 aromatic heterocycles. The zero-order valence-electron chi connectivity index (χ0n) is 13.0. The summed E-state index contributed by atoms with van der Waals surface area (Å²) in [4.78, 5) is 2.70. The van der Waals surface area contributed by atoms with E-state index in [1.165, 1.54) is 0 Å². The molecule has 1 aromatic carbocycles. The van der Waals surface area contributed by atoms with E-state index >= 15 is 0 Å². The minimum Gasteiger partial charge on any atom is -0.316 e. The number of hydrogen-bond acceptors (Lipinski definition) is 4. The molecule has 2 rings (SSSR count). The predicted molar refractivity (Wildman–Crippen MR) is 84.7 cm³/mol. The van der Waals surface area contributed by atoms with Crippen LogP contribution in [0.4, 0.5) is 0 Å². The maximum Gasteiger partial charge on any atom is 0.243 e. The standard InChI is InChI=1S/C15H25N3O2S/c1-4-17-9-10-18(12-13(17)2)21(19,20)15-7-5-14(6-8-15)11-16-3/h5-8,13,16H,4,9-12H2,1-3H3. The summed E-state index contributed by atoms with van der Waals surface area (Å²) >= 11 is 0. The van der Waals surface area contributed by atoms with Crippen molar-refractivity contribution >= 4 is 10.0 Å². The molecule has 1 fully saturated rings. The van der Waals surface area contributed by atoms with Gasteiger partial charge in [-0.1, -0.05) is 19.1 Å². The number of likely N-dealkylation sites (N-methyl/N-ethyl adjacent to an activating group) is 1. The zero-order valence-corrected chi connectivity index (χ0v) is 13.9. The average molecular weight is 311 g/mol. The topological polar surface area (TPSA) is 52.7 Å². The maximum atomic E-state index is 12.7. The molecule has 1 saturated heterocycles. The van der Waals surface area contributed by atoms with E-state index in [9.17, 15) is 8.42 Å². The molecule has 0 saturated carbocycles. The molecule has 1 heterocycles. The van der Waals surface area contributed by atoms with Crippen LogP contribution in [0.2, 0.25) is 0 Å². The molecule has 1 N–H and O–H groups in total. The molecule has 5 nitrogen and oxygen atoms in total. The van der Waals surface area contributed by atoms with E-state index < -0.39 is 10.0 Å². The van der Waals surface area contributed by atoms with E-state index in [0.29, 0.717) is 18.0 Å². The number of sulfonamides is 1. The molecule has 6 heteroatoms. The first kappa shape index (κ1) is 16.4. The van der Waals surface area contributed by atoms with Gasteiger partial charge in [0.25, 0.3) is 0 Å². The second kappa shape index (κ2) is 6.87. The monoisotopic (exact) mass is 311 g/mol. The minimum absolute atomic E-state index is 0.266. The molecule has 1 aromatic rings. The summed E-state index contributed by atoms with van der Waals surface area (Å²) in [6.07, 6.45) is 0. The minimum atomic E-state index is -3.37. The van der Waals surface area contributed by atoms with Crippen LogP contribution in [0.5, 0.6) is 0 Å². The van der Waals surface area contributed by atoms with Crippen molar-refractivity contribution < 1.29 is 8.42 Å². The smallest absolute Gasteiger partial charge is 0.243 e. The molecule has 0 radical (unpaired) electrons. The summed E-state index contributed by atoms with van der Waals surface area (Å²) in [7, 11) is -1.50. The fourth-order valence-corrected chi connectivity index (χ4v) is 4.29. The van der Waals surface area contributed by atoms with Gasteiger partial charge in [0.05, 0.1) is 4.90 Å². The summed E-state index contributed by atoms with van der Waals surface area (Å²) < 4.78 is 27.0. The molecule has 0 bridgehead atoms. The lowest BCUT2D eigenvalue weighted by Crippen LogP contribution is -2.53. The number of piperazine rings is 1. The normalized spacial score (nSPS) is 21.6. The Bertz CT molecular complexity index is 557. The van der Waals surface area contributed by atoms with E-state index in [-0.39, 0.29) is 6.04 Å². The maximum absolute atomic E-state index is 12.7. The molecule has 1 unspecified atom stereocenters. The fourth-order valence-electron chi connectivity index (χ4n) is 2.78. The highest BCUT2D eigenvalue weighted by molar-refractivity contribution is 7.89. The van der Waals surface area contributed by atoms with Crippen molar-refractivity contribution in [2.24, 2.45) is 0 Å². The van der Waals surface area contributed by atoms with Crippen molar-refractivity contribution in [2.75, 3.05) is 33.2 Å². The zero-order chi connectivity index (χ0) is 15.5. The van der Waals surface area contributed by atoms with Gasteiger partial charge in [0, 0.05) is 32.2 Å². The third kappa shape index (κ3) is 3.63. The summed E-state index contributed by atoms with van der Waals surface area (Å²) in [5.74, 6) is 0. The van der Waals surface area contributed by atoms with Crippen LogP contribution in [0.15, 0.2) is 29.2 Å². The molecule has 118 valence electrons. The first-order chi connectivity index (χ1) is 9.98. The number of rotatable bonds is 5. The second-order valence-corrected chi connectivity index (χ2v) is 7.45. The van der Waals surface area contributed by atoms with Crippen LogP contribution in [0, 0.1) is 0 Å². The lowest BCUT2D eigenvalue weighted by Gasteiger charge is -2.38. The Labute approximate surface area is 128 Å². The Kier molecular flexibility index (Phi) is 5.37. The number of nitrogens with zero attached hydrogens (tertiary/aromatic N) is 2. The highest BCUT2D eigenvalue weighted by atomic mass is 32.2. The Morgan fingerprint density at radius 3 is 2.43 bits per heavy atom. The molecule has 0 spiro atoms. The van der Waals surface area contributed by atoms with Gasteiger partial charge in [-0.25, -0.2) is 8.42 Å². The summed E-state index contributed by atoms with van der Waals surface area (Å²) in [6, 6.07) is 7.42. The average Bonchev–Trinajstić information content (AvgIpc) is 2.48. The Morgan fingerprint density at radius 2 is 1.90 bits per heavy atom. The van der Waals surface area contributed by atoms with Gasteiger partial charge in [-0.05, 0) is 38.2 Å². The van der Waals surface area contributed by atoms with Gasteiger partial charge >= 0.3 is 0 Å². The quantitative estimate of drug-likeness (QED) is 0.885. The van der Waals surface area contributed by atoms with Crippen LogP contribution in [0.3, 0.4) is 0 Å². The van der Waals surface area contributed by atoms with Crippen molar-refractivity contribution in [1.82, 2.24) is 14.5 Å². The molecule has 1 aliphatic rings. The van der Waals surface area contributed by atoms with Gasteiger partial charge < -0.3 is 5.32 Å². The SMILES string of the molecule is CCN1CCN(S(=O)(=O)c2ccc(CNC)cc2)CC1C. The fraction of sp³-hybridized carbons (Fsp3) is 0.600. The van der Waals surface area contributed by atoms with Crippen LogP contribution in [-0.2, 0) is 16.6 Å². The van der Waals surface area contributed by atoms with Gasteiger partial charge in [-0.2, -0.15) is 4.31 Å². The predicted octanol–water partition coefficient (Wildman–Crippen LogP) is 1.12. The summed E-state index contributed by atoms with van der Waals surface area (Å²) in [6.45, 7) is 7.84. The second-order valence-electron chi connectivity index (χ2n) is 5.51. The third-order valence-corrected chi connectivity index (χ3v) is 5.96. The highest BCUT2D eigenvalue weighted by Gasteiger charge is 2.31. The Hall–Kier alpha value is -0.950. The van der Waals surface area contributed by atoms with Crippen LogP contribution >= 0.6 is 0 Å². The van der Waals surface area contributed by atoms with Crippen LogP contribution in [0.1, 0.15) is 19.4 Å². The Balaban J connectivity index is 2.14. The van der Waals surface area contributed by atoms with Crippen molar-refractivity contribution in [3.05, 3.63) is 29.8 Å². The van der Waals surface area contributed by atoms with E-state index in [2.05, 4.69) is 24.1 Å². The molecule has 21 heavy (non-hydrogen) atoms. The van der Waals surface area contributed by atoms with E-state index in [1.54, 1.807) is 16.4 Å². The Morgan fingerprint density at radius 1 is 1.24 bits per heavy atom. The summed E-state index contributed by atoms with van der Waals surface area (Å²) in [5, 5.41) is 3.06. The van der Waals surface area contributed by atoms with Crippen LogP contribution in [-0.4, -0.2) is 56.9 Å². The molecule has 0 aliphatic carbocycles. The molecule has 1 aliphatic heterocycles. The lowest BCUT2D eigenvalue weighted by atomic mass is 10.2. The van der Waals surface area contributed by atoms with E-state index in [0.717, 1.165) is 25.2 Å². The van der Waals surface area contributed by atoms with Crippen molar-refractivity contribution in [2.45, 2.75) is 31.3 Å². The van der Waals surface area contributed by atoms with Gasteiger partial charge in [-0.3, -0.25) is 4.90 Å². The molecule has 0 amide bonds. The number of benzene rings is 1.